The second-order valence-electron chi connectivity index (χ2n) is 4.15. The number of hydrogen-bond donors (Lipinski definition) is 0. The molecule has 3 nitrogen and oxygen atoms in total. The monoisotopic (exact) mass is 266 g/mol. The van der Waals surface area contributed by atoms with Gasteiger partial charge in [0, 0.05) is 0 Å². The highest BCUT2D eigenvalue weighted by Gasteiger charge is 2.19. The Morgan fingerprint density at radius 2 is 1.80 bits per heavy atom. The van der Waals surface area contributed by atoms with Gasteiger partial charge in [-0.05, 0) is 29.3 Å². The van der Waals surface area contributed by atoms with Gasteiger partial charge >= 0.3 is 0 Å². The van der Waals surface area contributed by atoms with E-state index in [0.717, 1.165) is 0 Å². The molecule has 0 radical (unpaired) electrons. The van der Waals surface area contributed by atoms with E-state index >= 15 is 0 Å². The molecular formula is C16H11FN2O. The molecule has 2 aromatic rings. The zero-order valence-corrected chi connectivity index (χ0v) is 10.8. The van der Waals surface area contributed by atoms with Crippen LogP contribution in [0.4, 0.5) is 4.39 Å². The maximum absolute atomic E-state index is 13.0. The summed E-state index contributed by atoms with van der Waals surface area (Å²) < 4.78 is 18.1. The Morgan fingerprint density at radius 3 is 2.35 bits per heavy atom. The van der Waals surface area contributed by atoms with E-state index in [-0.39, 0.29) is 5.82 Å². The van der Waals surface area contributed by atoms with Crippen LogP contribution in [0, 0.1) is 28.5 Å². The van der Waals surface area contributed by atoms with Crippen molar-refractivity contribution in [3.05, 3.63) is 65.0 Å². The molecule has 4 heteroatoms. The number of benzene rings is 2. The van der Waals surface area contributed by atoms with Crippen molar-refractivity contribution in [1.29, 1.82) is 10.5 Å². The molecule has 0 spiro atoms. The number of rotatable bonds is 3. The number of halogens is 1. The SMILES string of the molecule is COc1cccc(C(C#N)c2ccc(F)cc2)c1C#N. The zero-order valence-electron chi connectivity index (χ0n) is 10.8. The van der Waals surface area contributed by atoms with E-state index in [9.17, 15) is 14.9 Å². The van der Waals surface area contributed by atoms with Gasteiger partial charge in [-0.3, -0.25) is 0 Å². The minimum atomic E-state index is -0.639. The summed E-state index contributed by atoms with van der Waals surface area (Å²) in [7, 11) is 1.47. The van der Waals surface area contributed by atoms with Crippen LogP contribution in [0.2, 0.25) is 0 Å². The number of hydrogen-bond acceptors (Lipinski definition) is 3. The highest BCUT2D eigenvalue weighted by Crippen LogP contribution is 2.31. The molecule has 0 aliphatic rings. The quantitative estimate of drug-likeness (QED) is 0.855. The van der Waals surface area contributed by atoms with Crippen LogP contribution in [0.25, 0.3) is 0 Å². The van der Waals surface area contributed by atoms with E-state index in [4.69, 9.17) is 4.74 Å². The molecule has 0 saturated carbocycles. The van der Waals surface area contributed by atoms with Crippen molar-refractivity contribution >= 4 is 0 Å². The molecule has 0 aromatic heterocycles. The molecule has 0 fully saturated rings. The summed E-state index contributed by atoms with van der Waals surface area (Å²) in [6.45, 7) is 0. The third kappa shape index (κ3) is 2.46. The summed E-state index contributed by atoms with van der Waals surface area (Å²) in [6.07, 6.45) is 0. The fourth-order valence-corrected chi connectivity index (χ4v) is 2.06. The lowest BCUT2D eigenvalue weighted by Gasteiger charge is -2.13. The molecule has 1 unspecified atom stereocenters. The standard InChI is InChI=1S/C16H11FN2O/c1-20-16-4-2-3-13(15(16)10-19)14(9-18)11-5-7-12(17)8-6-11/h2-8,14H,1H3. The van der Waals surface area contributed by atoms with Crippen molar-refractivity contribution in [2.24, 2.45) is 0 Å². The fourth-order valence-electron chi connectivity index (χ4n) is 2.06. The maximum atomic E-state index is 13.0. The average Bonchev–Trinajstić information content (AvgIpc) is 2.49. The molecule has 2 rings (SSSR count). The summed E-state index contributed by atoms with van der Waals surface area (Å²) in [6, 6.07) is 15.0. The first-order valence-electron chi connectivity index (χ1n) is 5.93. The summed E-state index contributed by atoms with van der Waals surface area (Å²) >= 11 is 0. The van der Waals surface area contributed by atoms with E-state index < -0.39 is 5.92 Å². The lowest BCUT2D eigenvalue weighted by atomic mass is 9.89. The van der Waals surface area contributed by atoms with Crippen LogP contribution in [0.15, 0.2) is 42.5 Å². The summed E-state index contributed by atoms with van der Waals surface area (Å²) in [5, 5.41) is 18.7. The topological polar surface area (TPSA) is 56.8 Å². The smallest absolute Gasteiger partial charge is 0.136 e. The Balaban J connectivity index is 2.56. The summed E-state index contributed by atoms with van der Waals surface area (Å²) in [5.41, 5.74) is 1.52. The number of methoxy groups -OCH3 is 1. The van der Waals surface area contributed by atoms with Crippen LogP contribution >= 0.6 is 0 Å². The molecule has 1 atom stereocenters. The van der Waals surface area contributed by atoms with E-state index in [1.165, 1.54) is 19.2 Å². The Morgan fingerprint density at radius 1 is 1.10 bits per heavy atom. The first-order chi connectivity index (χ1) is 9.71. The van der Waals surface area contributed by atoms with E-state index in [1.54, 1.807) is 30.3 Å². The highest BCUT2D eigenvalue weighted by atomic mass is 19.1. The van der Waals surface area contributed by atoms with Gasteiger partial charge in [-0.2, -0.15) is 10.5 Å². The van der Waals surface area contributed by atoms with Gasteiger partial charge < -0.3 is 4.74 Å². The number of ether oxygens (including phenoxy) is 1. The van der Waals surface area contributed by atoms with E-state index in [2.05, 4.69) is 12.1 Å². The molecule has 2 aromatic carbocycles. The van der Waals surface area contributed by atoms with Gasteiger partial charge in [-0.1, -0.05) is 24.3 Å². The summed E-state index contributed by atoms with van der Waals surface area (Å²) in [5.74, 6) is -0.579. The lowest BCUT2D eigenvalue weighted by molar-refractivity contribution is 0.413. The average molecular weight is 266 g/mol. The molecule has 0 bridgehead atoms. The van der Waals surface area contributed by atoms with Crippen LogP contribution in [-0.4, -0.2) is 7.11 Å². The normalized spacial score (nSPS) is 11.2. The third-order valence-corrected chi connectivity index (χ3v) is 3.03. The van der Waals surface area contributed by atoms with Gasteiger partial charge in [0.15, 0.2) is 0 Å². The summed E-state index contributed by atoms with van der Waals surface area (Å²) in [4.78, 5) is 0. The largest absolute Gasteiger partial charge is 0.495 e. The molecule has 0 amide bonds. The number of nitriles is 2. The van der Waals surface area contributed by atoms with Crippen molar-refractivity contribution in [3.8, 4) is 17.9 Å². The molecule has 0 saturated heterocycles. The molecule has 0 aliphatic carbocycles. The molecule has 20 heavy (non-hydrogen) atoms. The Hall–Kier alpha value is -2.85. The second kappa shape index (κ2) is 5.86. The van der Waals surface area contributed by atoms with Crippen LogP contribution in [0.5, 0.6) is 5.75 Å². The van der Waals surface area contributed by atoms with Crippen molar-refractivity contribution in [1.82, 2.24) is 0 Å². The van der Waals surface area contributed by atoms with Crippen LogP contribution < -0.4 is 4.74 Å². The van der Waals surface area contributed by atoms with Crippen molar-refractivity contribution in [2.75, 3.05) is 7.11 Å². The Labute approximate surface area is 116 Å². The first kappa shape index (κ1) is 13.6. The predicted octanol–water partition coefficient (Wildman–Crippen LogP) is 3.36. The fraction of sp³-hybridized carbons (Fsp3) is 0.125. The van der Waals surface area contributed by atoms with Gasteiger partial charge in [0.05, 0.1) is 24.7 Å². The second-order valence-corrected chi connectivity index (χ2v) is 4.15. The zero-order chi connectivity index (χ0) is 14.5. The van der Waals surface area contributed by atoms with Crippen LogP contribution in [0.1, 0.15) is 22.6 Å². The first-order valence-corrected chi connectivity index (χ1v) is 5.93. The lowest BCUT2D eigenvalue weighted by Crippen LogP contribution is -2.03. The molecular weight excluding hydrogens is 255 g/mol. The van der Waals surface area contributed by atoms with E-state index in [0.29, 0.717) is 22.4 Å². The molecule has 0 N–H and O–H groups in total. The van der Waals surface area contributed by atoms with Gasteiger partial charge in [0.2, 0.25) is 0 Å². The maximum Gasteiger partial charge on any atom is 0.136 e. The van der Waals surface area contributed by atoms with Gasteiger partial charge in [-0.15, -0.1) is 0 Å². The van der Waals surface area contributed by atoms with Crippen molar-refractivity contribution in [2.45, 2.75) is 5.92 Å². The minimum Gasteiger partial charge on any atom is -0.495 e. The predicted molar refractivity (Wildman–Crippen MR) is 71.6 cm³/mol. The van der Waals surface area contributed by atoms with Gasteiger partial charge in [0.25, 0.3) is 0 Å². The molecule has 0 heterocycles. The molecule has 0 aliphatic heterocycles. The Kier molecular flexibility index (Phi) is 3.98. The van der Waals surface area contributed by atoms with Gasteiger partial charge in [-0.25, -0.2) is 4.39 Å². The number of nitrogens with zero attached hydrogens (tertiary/aromatic N) is 2. The minimum absolute atomic E-state index is 0.325. The van der Waals surface area contributed by atoms with Crippen LogP contribution in [-0.2, 0) is 0 Å². The van der Waals surface area contributed by atoms with E-state index in [1.807, 2.05) is 0 Å². The molecule has 98 valence electrons. The Bertz CT molecular complexity index is 696. The highest BCUT2D eigenvalue weighted by molar-refractivity contribution is 5.54. The van der Waals surface area contributed by atoms with Gasteiger partial charge in [0.1, 0.15) is 17.6 Å². The van der Waals surface area contributed by atoms with Crippen LogP contribution in [0.3, 0.4) is 0 Å². The third-order valence-electron chi connectivity index (χ3n) is 3.03. The van der Waals surface area contributed by atoms with Crippen molar-refractivity contribution in [3.63, 3.8) is 0 Å². The van der Waals surface area contributed by atoms with Crippen molar-refractivity contribution < 1.29 is 9.13 Å².